The van der Waals surface area contributed by atoms with Crippen molar-refractivity contribution in [2.24, 2.45) is 0 Å². The highest BCUT2D eigenvalue weighted by Crippen LogP contribution is 2.35. The molecule has 0 aliphatic rings. The van der Waals surface area contributed by atoms with Gasteiger partial charge in [0.1, 0.15) is 5.82 Å². The number of aromatic hydroxyl groups is 1. The van der Waals surface area contributed by atoms with Gasteiger partial charge in [-0.3, -0.25) is 0 Å². The van der Waals surface area contributed by atoms with E-state index in [1.165, 1.54) is 23.5 Å². The van der Waals surface area contributed by atoms with Gasteiger partial charge in [0.05, 0.1) is 4.70 Å². The predicted molar refractivity (Wildman–Crippen MR) is 56.2 cm³/mol. The molecule has 2 aromatic rings. The number of hydrogen-bond donors (Lipinski definition) is 1. The number of thiophene rings is 1. The minimum absolute atomic E-state index is 0.160. The molecule has 2 rings (SSSR count). The maximum Gasteiger partial charge on any atom is 0.172 e. The molecule has 0 unspecified atom stereocenters. The first kappa shape index (κ1) is 8.25. The van der Waals surface area contributed by atoms with Crippen LogP contribution in [-0.4, -0.2) is 5.11 Å². The number of fused-ring (bicyclic) bond motifs is 1. The fourth-order valence-corrected chi connectivity index (χ4v) is 2.66. The molecule has 1 N–H and O–H groups in total. The monoisotopic (exact) mass is 294 g/mol. The normalized spacial score (nSPS) is 10.8. The van der Waals surface area contributed by atoms with E-state index < -0.39 is 0 Å². The molecule has 0 radical (unpaired) electrons. The molecule has 62 valence electrons. The lowest BCUT2D eigenvalue weighted by Gasteiger charge is -1.93. The summed E-state index contributed by atoms with van der Waals surface area (Å²) in [6.45, 7) is 0. The molecule has 1 nitrogen and oxygen atoms in total. The molecule has 1 heterocycles. The van der Waals surface area contributed by atoms with Crippen molar-refractivity contribution in [2.75, 3.05) is 0 Å². The van der Waals surface area contributed by atoms with E-state index in [0.29, 0.717) is 5.39 Å². The van der Waals surface area contributed by atoms with Crippen LogP contribution in [0.1, 0.15) is 0 Å². The zero-order valence-corrected chi connectivity index (χ0v) is 8.82. The lowest BCUT2D eigenvalue weighted by molar-refractivity contribution is 0.491. The van der Waals surface area contributed by atoms with Crippen LogP contribution >= 0.6 is 33.9 Å². The highest BCUT2D eigenvalue weighted by molar-refractivity contribution is 14.1. The van der Waals surface area contributed by atoms with Gasteiger partial charge in [0.2, 0.25) is 0 Å². The molecular formula is C8H4FIOS. The van der Waals surface area contributed by atoms with E-state index >= 15 is 0 Å². The highest BCUT2D eigenvalue weighted by atomic mass is 127. The quantitative estimate of drug-likeness (QED) is 0.739. The van der Waals surface area contributed by atoms with E-state index in [0.717, 1.165) is 8.27 Å². The maximum absolute atomic E-state index is 13.1. The predicted octanol–water partition coefficient (Wildman–Crippen LogP) is 3.35. The first-order valence-corrected chi connectivity index (χ1v) is 5.14. The molecule has 0 fully saturated rings. The second-order valence-electron chi connectivity index (χ2n) is 2.36. The zero-order valence-electron chi connectivity index (χ0n) is 5.84. The van der Waals surface area contributed by atoms with Crippen LogP contribution < -0.4 is 0 Å². The molecule has 0 amide bonds. The summed E-state index contributed by atoms with van der Waals surface area (Å²) in [5.74, 6) is -0.276. The van der Waals surface area contributed by atoms with E-state index in [1.54, 1.807) is 6.07 Å². The number of hydrogen-bond acceptors (Lipinski definition) is 2. The van der Waals surface area contributed by atoms with Crippen molar-refractivity contribution in [3.05, 3.63) is 27.6 Å². The van der Waals surface area contributed by atoms with E-state index in [2.05, 4.69) is 22.6 Å². The molecule has 0 aliphatic carbocycles. The van der Waals surface area contributed by atoms with Crippen molar-refractivity contribution < 1.29 is 9.50 Å². The van der Waals surface area contributed by atoms with Gasteiger partial charge in [-0.25, -0.2) is 4.39 Å². The van der Waals surface area contributed by atoms with Crippen molar-refractivity contribution in [3.63, 3.8) is 0 Å². The van der Waals surface area contributed by atoms with Crippen LogP contribution in [-0.2, 0) is 0 Å². The van der Waals surface area contributed by atoms with Gasteiger partial charge in [0.25, 0.3) is 0 Å². The van der Waals surface area contributed by atoms with Gasteiger partial charge in [0.15, 0.2) is 5.06 Å². The number of rotatable bonds is 0. The third-order valence-electron chi connectivity index (χ3n) is 1.57. The third-order valence-corrected chi connectivity index (χ3v) is 3.81. The lowest BCUT2D eigenvalue weighted by atomic mass is 10.2. The molecule has 1 aromatic carbocycles. The Hall–Kier alpha value is -0.360. The van der Waals surface area contributed by atoms with E-state index in [-0.39, 0.29) is 10.9 Å². The molecule has 0 bridgehead atoms. The van der Waals surface area contributed by atoms with E-state index in [4.69, 9.17) is 5.11 Å². The number of halogens is 2. The van der Waals surface area contributed by atoms with Crippen LogP contribution in [0.25, 0.3) is 10.1 Å². The second kappa shape index (κ2) is 2.85. The van der Waals surface area contributed by atoms with Crippen LogP contribution in [0.3, 0.4) is 0 Å². The summed E-state index contributed by atoms with van der Waals surface area (Å²) in [6, 6.07) is 4.57. The molecule has 12 heavy (non-hydrogen) atoms. The maximum atomic E-state index is 13.1. The Morgan fingerprint density at radius 1 is 1.42 bits per heavy atom. The Balaban J connectivity index is 2.93. The van der Waals surface area contributed by atoms with Gasteiger partial charge in [-0.2, -0.15) is 0 Å². The molecule has 0 saturated heterocycles. The molecule has 0 saturated carbocycles. The van der Waals surface area contributed by atoms with Gasteiger partial charge < -0.3 is 5.11 Å². The molecule has 4 heteroatoms. The Morgan fingerprint density at radius 2 is 2.17 bits per heavy atom. The van der Waals surface area contributed by atoms with Gasteiger partial charge in [0, 0.05) is 15.0 Å². The van der Waals surface area contributed by atoms with Crippen LogP contribution in [0.4, 0.5) is 4.39 Å². The lowest BCUT2D eigenvalue weighted by Crippen LogP contribution is -1.76. The minimum atomic E-state index is -0.276. The minimum Gasteiger partial charge on any atom is -0.499 e. The van der Waals surface area contributed by atoms with Gasteiger partial charge in [-0.15, -0.1) is 0 Å². The smallest absolute Gasteiger partial charge is 0.172 e. The molecule has 0 spiro atoms. The molecule has 0 aliphatic heterocycles. The molecule has 1 aromatic heterocycles. The second-order valence-corrected chi connectivity index (χ2v) is 4.55. The standard InChI is InChI=1S/C8H4FIOS/c9-5-1-2-6(10)8-4(5)3-7(11)12-8/h1-3,11H. The molecular weight excluding hydrogens is 290 g/mol. The first-order valence-electron chi connectivity index (χ1n) is 3.25. The summed E-state index contributed by atoms with van der Waals surface area (Å²) in [7, 11) is 0. The van der Waals surface area contributed by atoms with Crippen molar-refractivity contribution in [3.8, 4) is 5.06 Å². The van der Waals surface area contributed by atoms with Crippen molar-refractivity contribution in [1.29, 1.82) is 0 Å². The Bertz CT molecular complexity index is 399. The van der Waals surface area contributed by atoms with Gasteiger partial charge in [-0.05, 0) is 34.7 Å². The zero-order chi connectivity index (χ0) is 8.72. The Kier molecular flexibility index (Phi) is 1.96. The van der Waals surface area contributed by atoms with E-state index in [9.17, 15) is 4.39 Å². The molecule has 0 atom stereocenters. The fraction of sp³-hybridized carbons (Fsp3) is 0. The largest absolute Gasteiger partial charge is 0.499 e. The number of benzene rings is 1. The van der Waals surface area contributed by atoms with Crippen molar-refractivity contribution in [1.82, 2.24) is 0 Å². The van der Waals surface area contributed by atoms with Gasteiger partial charge in [-0.1, -0.05) is 11.3 Å². The SMILES string of the molecule is Oc1cc2c(F)ccc(I)c2s1. The Morgan fingerprint density at radius 3 is 2.83 bits per heavy atom. The summed E-state index contributed by atoms with van der Waals surface area (Å²) in [6.07, 6.45) is 0. The summed E-state index contributed by atoms with van der Waals surface area (Å²) >= 11 is 3.32. The average Bonchev–Trinajstić information content (AvgIpc) is 2.41. The van der Waals surface area contributed by atoms with Crippen LogP contribution in [0.5, 0.6) is 5.06 Å². The summed E-state index contributed by atoms with van der Waals surface area (Å²) < 4.78 is 14.9. The van der Waals surface area contributed by atoms with E-state index in [1.807, 2.05) is 0 Å². The average molecular weight is 294 g/mol. The van der Waals surface area contributed by atoms with Crippen molar-refractivity contribution in [2.45, 2.75) is 0 Å². The summed E-state index contributed by atoms with van der Waals surface area (Å²) in [4.78, 5) is 0. The Labute approximate surface area is 86.0 Å². The first-order chi connectivity index (χ1) is 5.68. The van der Waals surface area contributed by atoms with Crippen molar-refractivity contribution >= 4 is 44.0 Å². The summed E-state index contributed by atoms with van der Waals surface area (Å²) in [5.41, 5.74) is 0. The van der Waals surface area contributed by atoms with Crippen LogP contribution in [0, 0.1) is 9.39 Å². The fourth-order valence-electron chi connectivity index (χ4n) is 1.04. The van der Waals surface area contributed by atoms with Gasteiger partial charge >= 0.3 is 0 Å². The highest BCUT2D eigenvalue weighted by Gasteiger charge is 2.07. The van der Waals surface area contributed by atoms with Crippen LogP contribution in [0.2, 0.25) is 0 Å². The third kappa shape index (κ3) is 1.19. The summed E-state index contributed by atoms with van der Waals surface area (Å²) in [5, 5.41) is 9.82. The van der Waals surface area contributed by atoms with Crippen LogP contribution in [0.15, 0.2) is 18.2 Å². The topological polar surface area (TPSA) is 20.2 Å².